The van der Waals surface area contributed by atoms with Crippen LogP contribution in [-0.4, -0.2) is 92.1 Å². The zero-order valence-corrected chi connectivity index (χ0v) is 30.6. The molecule has 15 heteroatoms. The predicted octanol–water partition coefficient (Wildman–Crippen LogP) is 4.03. The van der Waals surface area contributed by atoms with E-state index in [1.807, 2.05) is 20.8 Å². The number of hydrogen-bond donors (Lipinski definition) is 6. The summed E-state index contributed by atoms with van der Waals surface area (Å²) in [6.07, 6.45) is 6.04. The van der Waals surface area contributed by atoms with Crippen molar-refractivity contribution in [3.05, 3.63) is 12.2 Å². The molecule has 0 aromatic carbocycles. The fraction of sp³-hybridized carbons (Fsp3) is 0.758. The van der Waals surface area contributed by atoms with Crippen molar-refractivity contribution in [1.82, 2.24) is 31.9 Å². The Hall–Kier alpha value is -3.88. The van der Waals surface area contributed by atoms with Crippen molar-refractivity contribution >= 4 is 36.1 Å². The summed E-state index contributed by atoms with van der Waals surface area (Å²) in [5.74, 6) is -0.725. The van der Waals surface area contributed by atoms with E-state index in [1.54, 1.807) is 41.5 Å². The molecule has 6 N–H and O–H groups in total. The maximum Gasteiger partial charge on any atom is 0.414 e. The summed E-state index contributed by atoms with van der Waals surface area (Å²) in [5.41, 5.74) is -1.94. The van der Waals surface area contributed by atoms with E-state index in [2.05, 4.69) is 36.9 Å². The first kappa shape index (κ1) is 44.1. The molecule has 0 spiro atoms. The lowest BCUT2D eigenvalue weighted by atomic mass is 10.2. The third kappa shape index (κ3) is 30.8. The number of aliphatic imine (C=N–C) groups is 1. The monoisotopic (exact) mass is 683 g/mol. The fourth-order valence-corrected chi connectivity index (χ4v) is 3.60. The van der Waals surface area contributed by atoms with E-state index >= 15 is 0 Å². The minimum absolute atomic E-state index is 0.0585. The van der Waals surface area contributed by atoms with Crippen LogP contribution in [0.15, 0.2) is 17.1 Å². The number of unbranched alkanes of at least 4 members (excludes halogenated alkanes) is 4. The number of amides is 5. The molecule has 5 amide bonds. The number of alkyl carbamates (subject to hydrolysis) is 3. The van der Waals surface area contributed by atoms with Crippen molar-refractivity contribution in [3.63, 3.8) is 0 Å². The normalized spacial score (nSPS) is 11.7. The molecule has 0 aromatic heterocycles. The van der Waals surface area contributed by atoms with Crippen LogP contribution in [0.2, 0.25) is 0 Å². The third-order valence-electron chi connectivity index (χ3n) is 5.56. The largest absolute Gasteiger partial charge is 0.444 e. The zero-order valence-electron chi connectivity index (χ0n) is 30.6. The number of ether oxygens (including phenoxy) is 3. The van der Waals surface area contributed by atoms with Gasteiger partial charge in [-0.3, -0.25) is 25.2 Å². The molecule has 48 heavy (non-hydrogen) atoms. The molecule has 0 atom stereocenters. The van der Waals surface area contributed by atoms with Gasteiger partial charge in [-0.05, 0) is 108 Å². The van der Waals surface area contributed by atoms with Gasteiger partial charge in [-0.1, -0.05) is 12.8 Å². The number of guanidine groups is 1. The molecule has 0 aliphatic carbocycles. The maximum atomic E-state index is 12.2. The Kier molecular flexibility index (Phi) is 21.6. The van der Waals surface area contributed by atoms with E-state index in [0.29, 0.717) is 32.6 Å². The van der Waals surface area contributed by atoms with Crippen LogP contribution in [0.4, 0.5) is 14.4 Å². The minimum Gasteiger partial charge on any atom is -0.444 e. The summed E-state index contributed by atoms with van der Waals surface area (Å²) in [6.45, 7) is 19.2. The average Bonchev–Trinajstić information content (AvgIpc) is 2.91. The van der Waals surface area contributed by atoms with Gasteiger partial charge in [0, 0.05) is 38.3 Å². The first-order valence-electron chi connectivity index (χ1n) is 16.7. The van der Waals surface area contributed by atoms with Gasteiger partial charge >= 0.3 is 18.3 Å². The highest BCUT2D eigenvalue weighted by molar-refractivity contribution is 6.01. The van der Waals surface area contributed by atoms with Crippen molar-refractivity contribution in [2.24, 2.45) is 4.99 Å². The first-order chi connectivity index (χ1) is 22.3. The number of hydrogen-bond acceptors (Lipinski definition) is 10. The van der Waals surface area contributed by atoms with Crippen molar-refractivity contribution in [1.29, 1.82) is 0 Å². The van der Waals surface area contributed by atoms with Gasteiger partial charge < -0.3 is 35.5 Å². The lowest BCUT2D eigenvalue weighted by molar-refractivity contribution is -0.118. The molecule has 0 rings (SSSR count). The van der Waals surface area contributed by atoms with Crippen molar-refractivity contribution < 1.29 is 38.2 Å². The third-order valence-corrected chi connectivity index (χ3v) is 5.56. The van der Waals surface area contributed by atoms with Gasteiger partial charge in [0.05, 0.1) is 0 Å². The van der Waals surface area contributed by atoms with Crippen LogP contribution in [0.1, 0.15) is 107 Å². The summed E-state index contributed by atoms with van der Waals surface area (Å²) in [4.78, 5) is 64.1. The summed E-state index contributed by atoms with van der Waals surface area (Å²) in [6, 6.07) is 0. The van der Waals surface area contributed by atoms with Crippen LogP contribution in [0.3, 0.4) is 0 Å². The molecule has 0 saturated heterocycles. The number of carbonyl (C=O) groups is 5. The molecular weight excluding hydrogens is 622 g/mol. The minimum atomic E-state index is -0.747. The second kappa shape index (κ2) is 23.4. The van der Waals surface area contributed by atoms with Gasteiger partial charge in [0.25, 0.3) is 0 Å². The summed E-state index contributed by atoms with van der Waals surface area (Å²) >= 11 is 0. The number of nitrogens with one attached hydrogen (secondary N) is 6. The molecule has 0 aliphatic heterocycles. The SMILES string of the molecule is CC(C)(C)OC(=O)NCCCNCCCCNC(=O)/C=C/C(=O)NCCCCCCN=C(NC(=O)OC(C)(C)C)NC(=O)OC(C)(C)C. The van der Waals surface area contributed by atoms with E-state index < -0.39 is 35.1 Å². The summed E-state index contributed by atoms with van der Waals surface area (Å²) in [7, 11) is 0. The average molecular weight is 684 g/mol. The van der Waals surface area contributed by atoms with E-state index in [1.165, 1.54) is 12.2 Å². The Labute approximate surface area is 286 Å². The van der Waals surface area contributed by atoms with E-state index in [-0.39, 0.29) is 17.8 Å². The molecule has 0 aliphatic rings. The predicted molar refractivity (Wildman–Crippen MR) is 186 cm³/mol. The molecular formula is C33H61N7O8. The molecule has 0 unspecified atom stereocenters. The summed E-state index contributed by atoms with van der Waals surface area (Å²) in [5, 5.41) is 16.4. The van der Waals surface area contributed by atoms with Gasteiger partial charge in [0.2, 0.25) is 17.8 Å². The van der Waals surface area contributed by atoms with Gasteiger partial charge in [0.15, 0.2) is 0 Å². The Morgan fingerprint density at radius 2 is 0.896 bits per heavy atom. The molecule has 276 valence electrons. The quantitative estimate of drug-likeness (QED) is 0.0406. The van der Waals surface area contributed by atoms with Crippen molar-refractivity contribution in [2.75, 3.05) is 39.3 Å². The van der Waals surface area contributed by atoms with Crippen LogP contribution in [0.25, 0.3) is 0 Å². The Bertz CT molecular complexity index is 1030. The molecule has 0 saturated carbocycles. The molecule has 0 heterocycles. The Morgan fingerprint density at radius 1 is 0.500 bits per heavy atom. The fourth-order valence-electron chi connectivity index (χ4n) is 3.60. The molecule has 0 aromatic rings. The molecule has 0 bridgehead atoms. The van der Waals surface area contributed by atoms with Crippen LogP contribution >= 0.6 is 0 Å². The summed E-state index contributed by atoms with van der Waals surface area (Å²) < 4.78 is 15.6. The number of rotatable bonds is 18. The Balaban J connectivity index is 4.08. The van der Waals surface area contributed by atoms with Crippen LogP contribution in [0, 0.1) is 0 Å². The number of nitrogens with zero attached hydrogens (tertiary/aromatic N) is 1. The second-order valence-electron chi connectivity index (χ2n) is 14.1. The van der Waals surface area contributed by atoms with Gasteiger partial charge in [-0.2, -0.15) is 0 Å². The second-order valence-corrected chi connectivity index (χ2v) is 14.1. The van der Waals surface area contributed by atoms with Crippen molar-refractivity contribution in [2.45, 2.75) is 124 Å². The standard InChI is InChI=1S/C33H61N7O8/c1-31(2,3)46-28(43)38-24-16-20-34-19-14-15-22-36-26(42)18-17-25(41)35-21-12-10-11-13-23-37-27(39-29(44)47-32(4,5)6)40-30(45)48-33(7,8)9/h17-18,34H,10-16,19-24H2,1-9H3,(H,35,41)(H,36,42)(H,38,43)(H2,37,39,40,44,45)/b18-17+. The topological polar surface area (TPSA) is 198 Å². The van der Waals surface area contributed by atoms with Gasteiger partial charge in [0.1, 0.15) is 16.8 Å². The highest BCUT2D eigenvalue weighted by Gasteiger charge is 2.21. The first-order valence-corrected chi connectivity index (χ1v) is 16.7. The lowest BCUT2D eigenvalue weighted by Gasteiger charge is -2.22. The highest BCUT2D eigenvalue weighted by Crippen LogP contribution is 2.08. The maximum absolute atomic E-state index is 12.2. The van der Waals surface area contributed by atoms with Gasteiger partial charge in [-0.25, -0.2) is 14.4 Å². The lowest BCUT2D eigenvalue weighted by Crippen LogP contribution is -2.47. The van der Waals surface area contributed by atoms with Crippen molar-refractivity contribution in [3.8, 4) is 0 Å². The van der Waals surface area contributed by atoms with Crippen LogP contribution in [-0.2, 0) is 23.8 Å². The number of carbonyl (C=O) groups excluding carboxylic acids is 5. The smallest absolute Gasteiger partial charge is 0.414 e. The van der Waals surface area contributed by atoms with E-state index in [9.17, 15) is 24.0 Å². The Morgan fingerprint density at radius 3 is 1.40 bits per heavy atom. The molecule has 15 nitrogen and oxygen atoms in total. The molecule has 0 radical (unpaired) electrons. The van der Waals surface area contributed by atoms with Crippen LogP contribution in [0.5, 0.6) is 0 Å². The van der Waals surface area contributed by atoms with Crippen LogP contribution < -0.4 is 31.9 Å². The zero-order chi connectivity index (χ0) is 36.6. The highest BCUT2D eigenvalue weighted by atomic mass is 16.6. The van der Waals surface area contributed by atoms with Gasteiger partial charge in [-0.15, -0.1) is 0 Å². The molecule has 0 fully saturated rings. The van der Waals surface area contributed by atoms with E-state index in [4.69, 9.17) is 14.2 Å². The van der Waals surface area contributed by atoms with E-state index in [0.717, 1.165) is 51.6 Å².